The van der Waals surface area contributed by atoms with E-state index in [0.717, 1.165) is 24.7 Å². The molecule has 1 fully saturated rings. The van der Waals surface area contributed by atoms with Crippen molar-refractivity contribution in [1.29, 1.82) is 0 Å². The molecule has 16 heavy (non-hydrogen) atoms. The predicted molar refractivity (Wildman–Crippen MR) is 62.0 cm³/mol. The van der Waals surface area contributed by atoms with Gasteiger partial charge in [-0.05, 0) is 19.9 Å². The van der Waals surface area contributed by atoms with Gasteiger partial charge in [0.1, 0.15) is 0 Å². The van der Waals surface area contributed by atoms with Gasteiger partial charge in [0.25, 0.3) is 0 Å². The summed E-state index contributed by atoms with van der Waals surface area (Å²) >= 11 is 0. The molecule has 4 heteroatoms. The highest BCUT2D eigenvalue weighted by molar-refractivity contribution is 4.83. The maximum absolute atomic E-state index is 5.53. The van der Waals surface area contributed by atoms with Crippen molar-refractivity contribution in [3.63, 3.8) is 0 Å². The fourth-order valence-corrected chi connectivity index (χ4v) is 2.36. The molecule has 90 valence electrons. The lowest BCUT2D eigenvalue weighted by molar-refractivity contribution is 0.169. The molecule has 0 atom stereocenters. The van der Waals surface area contributed by atoms with Crippen LogP contribution in [-0.4, -0.2) is 28.2 Å². The molecule has 1 aromatic rings. The Kier molecular flexibility index (Phi) is 3.93. The Morgan fingerprint density at radius 2 is 1.88 bits per heavy atom. The van der Waals surface area contributed by atoms with Crippen molar-refractivity contribution >= 4 is 0 Å². The Bertz CT molecular complexity index is 318. The van der Waals surface area contributed by atoms with Crippen LogP contribution < -0.4 is 0 Å². The quantitative estimate of drug-likeness (QED) is 0.786. The van der Waals surface area contributed by atoms with Gasteiger partial charge in [0.05, 0.1) is 6.54 Å². The fraction of sp³-hybridized carbons (Fsp3) is 0.833. The van der Waals surface area contributed by atoms with Crippen molar-refractivity contribution in [2.24, 2.45) is 0 Å². The monoisotopic (exact) mass is 223 g/mol. The van der Waals surface area contributed by atoms with E-state index in [1.807, 2.05) is 6.92 Å². The zero-order valence-corrected chi connectivity index (χ0v) is 10.3. The van der Waals surface area contributed by atoms with E-state index in [1.54, 1.807) is 0 Å². The van der Waals surface area contributed by atoms with Crippen molar-refractivity contribution in [3.8, 4) is 0 Å². The van der Waals surface area contributed by atoms with Crippen LogP contribution in [0.25, 0.3) is 0 Å². The van der Waals surface area contributed by atoms with Crippen LogP contribution in [0.3, 0.4) is 0 Å². The Balaban J connectivity index is 1.87. The number of hydrogen-bond acceptors (Lipinski definition) is 4. The summed E-state index contributed by atoms with van der Waals surface area (Å²) in [5, 5.41) is 8.05. The van der Waals surface area contributed by atoms with Crippen LogP contribution >= 0.6 is 0 Å². The molecule has 1 saturated carbocycles. The average molecular weight is 223 g/mol. The van der Waals surface area contributed by atoms with Crippen LogP contribution in [0.2, 0.25) is 0 Å². The van der Waals surface area contributed by atoms with E-state index in [9.17, 15) is 0 Å². The van der Waals surface area contributed by atoms with Crippen molar-refractivity contribution in [1.82, 2.24) is 15.1 Å². The Labute approximate surface area is 97.0 Å². The second-order valence-electron chi connectivity index (χ2n) is 4.65. The summed E-state index contributed by atoms with van der Waals surface area (Å²) in [6.45, 7) is 2.82. The number of nitrogens with zero attached hydrogens (tertiary/aromatic N) is 3. The average Bonchev–Trinajstić information content (AvgIpc) is 2.78. The molecular weight excluding hydrogens is 202 g/mol. The molecule has 0 aromatic carbocycles. The molecule has 1 aliphatic rings. The normalized spacial score (nSPS) is 18.2. The van der Waals surface area contributed by atoms with Crippen molar-refractivity contribution in [2.45, 2.75) is 58.0 Å². The molecule has 4 nitrogen and oxygen atoms in total. The molecule has 0 radical (unpaired) electrons. The first-order chi connectivity index (χ1) is 7.79. The van der Waals surface area contributed by atoms with Gasteiger partial charge in [0, 0.05) is 12.5 Å². The van der Waals surface area contributed by atoms with Gasteiger partial charge in [-0.25, -0.2) is 0 Å². The molecule has 1 aromatic heterocycles. The predicted octanol–water partition coefficient (Wildman–Crippen LogP) is 2.40. The van der Waals surface area contributed by atoms with Crippen LogP contribution in [0.15, 0.2) is 4.42 Å². The highest BCUT2D eigenvalue weighted by Gasteiger charge is 2.19. The lowest BCUT2D eigenvalue weighted by Gasteiger charge is -2.29. The van der Waals surface area contributed by atoms with Crippen LogP contribution in [-0.2, 0) is 13.0 Å². The number of aromatic nitrogens is 2. The van der Waals surface area contributed by atoms with Crippen LogP contribution in [0.4, 0.5) is 0 Å². The van der Waals surface area contributed by atoms with E-state index in [2.05, 4.69) is 22.1 Å². The van der Waals surface area contributed by atoms with Crippen LogP contribution in [0.5, 0.6) is 0 Å². The maximum Gasteiger partial charge on any atom is 0.230 e. The molecule has 0 saturated heterocycles. The van der Waals surface area contributed by atoms with Crippen molar-refractivity contribution in [3.05, 3.63) is 11.8 Å². The molecular formula is C12H21N3O. The first-order valence-electron chi connectivity index (χ1n) is 6.31. The minimum Gasteiger partial charge on any atom is -0.424 e. The highest BCUT2D eigenvalue weighted by Crippen LogP contribution is 2.22. The van der Waals surface area contributed by atoms with Gasteiger partial charge in [-0.1, -0.05) is 26.2 Å². The van der Waals surface area contributed by atoms with Gasteiger partial charge >= 0.3 is 0 Å². The van der Waals surface area contributed by atoms with Crippen molar-refractivity contribution < 1.29 is 4.42 Å². The Hall–Kier alpha value is -0.900. The van der Waals surface area contributed by atoms with Gasteiger partial charge in [-0.15, -0.1) is 10.2 Å². The molecule has 0 aliphatic heterocycles. The largest absolute Gasteiger partial charge is 0.424 e. The lowest BCUT2D eigenvalue weighted by atomic mass is 9.94. The van der Waals surface area contributed by atoms with Gasteiger partial charge < -0.3 is 4.42 Å². The molecule has 1 aliphatic carbocycles. The molecule has 0 spiro atoms. The summed E-state index contributed by atoms with van der Waals surface area (Å²) < 4.78 is 5.53. The van der Waals surface area contributed by atoms with Crippen molar-refractivity contribution in [2.75, 3.05) is 7.05 Å². The first kappa shape index (κ1) is 11.6. The number of hydrogen-bond donors (Lipinski definition) is 0. The molecule has 0 N–H and O–H groups in total. The highest BCUT2D eigenvalue weighted by atomic mass is 16.4. The van der Waals surface area contributed by atoms with E-state index < -0.39 is 0 Å². The molecule has 1 heterocycles. The summed E-state index contributed by atoms with van der Waals surface area (Å²) in [6.07, 6.45) is 7.56. The zero-order chi connectivity index (χ0) is 11.4. The van der Waals surface area contributed by atoms with Crippen LogP contribution in [0, 0.1) is 0 Å². The third kappa shape index (κ3) is 2.82. The summed E-state index contributed by atoms with van der Waals surface area (Å²) in [6, 6.07) is 0.700. The molecule has 2 rings (SSSR count). The Morgan fingerprint density at radius 3 is 2.50 bits per heavy atom. The maximum atomic E-state index is 5.53. The molecule has 0 unspecified atom stereocenters. The van der Waals surface area contributed by atoms with Gasteiger partial charge in [0.15, 0.2) is 0 Å². The smallest absolute Gasteiger partial charge is 0.230 e. The zero-order valence-electron chi connectivity index (χ0n) is 10.3. The second kappa shape index (κ2) is 5.43. The fourth-order valence-electron chi connectivity index (χ4n) is 2.36. The van der Waals surface area contributed by atoms with E-state index in [-0.39, 0.29) is 0 Å². The lowest BCUT2D eigenvalue weighted by Crippen LogP contribution is -2.32. The van der Waals surface area contributed by atoms with Gasteiger partial charge in [-0.3, -0.25) is 4.90 Å². The second-order valence-corrected chi connectivity index (χ2v) is 4.65. The van der Waals surface area contributed by atoms with E-state index >= 15 is 0 Å². The molecule has 0 amide bonds. The summed E-state index contributed by atoms with van der Waals surface area (Å²) in [4.78, 5) is 2.35. The standard InChI is InChI=1S/C12H21N3O/c1-3-11-13-14-12(16-11)9-15(2)10-7-5-4-6-8-10/h10H,3-9H2,1-2H3. The minimum absolute atomic E-state index is 0.700. The summed E-state index contributed by atoms with van der Waals surface area (Å²) in [5.41, 5.74) is 0. The van der Waals surface area contributed by atoms with Gasteiger partial charge in [-0.2, -0.15) is 0 Å². The number of rotatable bonds is 4. The van der Waals surface area contributed by atoms with Gasteiger partial charge in [0.2, 0.25) is 11.8 Å². The third-order valence-corrected chi connectivity index (χ3v) is 3.39. The van der Waals surface area contributed by atoms with E-state index in [1.165, 1.54) is 32.1 Å². The first-order valence-corrected chi connectivity index (χ1v) is 6.31. The summed E-state index contributed by atoms with van der Waals surface area (Å²) in [7, 11) is 2.16. The minimum atomic E-state index is 0.700. The van der Waals surface area contributed by atoms with E-state index in [0.29, 0.717) is 6.04 Å². The van der Waals surface area contributed by atoms with E-state index in [4.69, 9.17) is 4.42 Å². The Morgan fingerprint density at radius 1 is 1.19 bits per heavy atom. The third-order valence-electron chi connectivity index (χ3n) is 3.39. The topological polar surface area (TPSA) is 42.2 Å². The SMILES string of the molecule is CCc1nnc(CN(C)C2CCCCC2)o1. The molecule has 0 bridgehead atoms. The summed E-state index contributed by atoms with van der Waals surface area (Å²) in [5.74, 6) is 1.50. The number of aryl methyl sites for hydroxylation is 1. The van der Waals surface area contributed by atoms with Crippen LogP contribution in [0.1, 0.15) is 50.8 Å².